The van der Waals surface area contributed by atoms with Crippen LogP contribution in [0.2, 0.25) is 0 Å². The first-order chi connectivity index (χ1) is 9.89. The highest BCUT2D eigenvalue weighted by atomic mass is 16.5. The molecule has 0 saturated heterocycles. The van der Waals surface area contributed by atoms with Gasteiger partial charge in [-0.2, -0.15) is 0 Å². The molecular formula is C16H26N2O3. The van der Waals surface area contributed by atoms with Crippen LogP contribution in [0.5, 0.6) is 5.88 Å². The quantitative estimate of drug-likeness (QED) is 0.772. The van der Waals surface area contributed by atoms with Gasteiger partial charge in [0.15, 0.2) is 0 Å². The summed E-state index contributed by atoms with van der Waals surface area (Å²) >= 11 is 0. The molecule has 1 aromatic rings. The lowest BCUT2D eigenvalue weighted by Gasteiger charge is -2.21. The minimum absolute atomic E-state index is 0.104. The lowest BCUT2D eigenvalue weighted by molar-refractivity contribution is -0.138. The molecule has 0 aromatic carbocycles. The minimum atomic E-state index is -1.32. The SMILES string of the molecule is CCCC(C)(O)C(=O)NCc1ccnc(OC(C)CC)c1. The molecule has 5 nitrogen and oxygen atoms in total. The first-order valence-corrected chi connectivity index (χ1v) is 7.51. The van der Waals surface area contributed by atoms with Gasteiger partial charge in [-0.05, 0) is 38.3 Å². The number of ether oxygens (including phenoxy) is 1. The van der Waals surface area contributed by atoms with E-state index in [-0.39, 0.29) is 12.0 Å². The third-order valence-electron chi connectivity index (χ3n) is 3.38. The highest BCUT2D eigenvalue weighted by Crippen LogP contribution is 2.14. The summed E-state index contributed by atoms with van der Waals surface area (Å²) in [5, 5.41) is 12.8. The maximum absolute atomic E-state index is 11.9. The van der Waals surface area contributed by atoms with Gasteiger partial charge in [0.25, 0.3) is 5.91 Å². The summed E-state index contributed by atoms with van der Waals surface area (Å²) in [6.45, 7) is 7.85. The van der Waals surface area contributed by atoms with E-state index in [0.717, 1.165) is 18.4 Å². The fourth-order valence-electron chi connectivity index (χ4n) is 1.89. The van der Waals surface area contributed by atoms with Crippen LogP contribution in [-0.4, -0.2) is 27.7 Å². The Kier molecular flexibility index (Phi) is 6.62. The predicted molar refractivity (Wildman–Crippen MR) is 82.0 cm³/mol. The standard InChI is InChI=1S/C16H26N2O3/c1-5-8-16(4,20)15(19)18-11-13-7-9-17-14(10-13)21-12(3)6-2/h7,9-10,12,20H,5-6,8,11H2,1-4H3,(H,18,19). The average molecular weight is 294 g/mol. The Bertz CT molecular complexity index is 461. The molecule has 1 amide bonds. The average Bonchev–Trinajstić information content (AvgIpc) is 2.44. The van der Waals surface area contributed by atoms with E-state index >= 15 is 0 Å². The second kappa shape index (κ2) is 7.98. The van der Waals surface area contributed by atoms with E-state index in [2.05, 4.69) is 10.3 Å². The van der Waals surface area contributed by atoms with Gasteiger partial charge in [-0.15, -0.1) is 0 Å². The first-order valence-electron chi connectivity index (χ1n) is 7.51. The lowest BCUT2D eigenvalue weighted by Crippen LogP contribution is -2.44. The molecule has 1 aromatic heterocycles. The largest absolute Gasteiger partial charge is 0.475 e. The van der Waals surface area contributed by atoms with Crippen LogP contribution in [0.15, 0.2) is 18.3 Å². The van der Waals surface area contributed by atoms with Crippen molar-refractivity contribution in [2.24, 2.45) is 0 Å². The number of hydrogen-bond donors (Lipinski definition) is 2. The molecule has 1 rings (SSSR count). The van der Waals surface area contributed by atoms with Crippen molar-refractivity contribution in [1.29, 1.82) is 0 Å². The number of rotatable bonds is 8. The van der Waals surface area contributed by atoms with Crippen molar-refractivity contribution in [2.45, 2.75) is 65.2 Å². The van der Waals surface area contributed by atoms with E-state index in [4.69, 9.17) is 4.74 Å². The molecule has 2 atom stereocenters. The molecule has 2 unspecified atom stereocenters. The van der Waals surface area contributed by atoms with E-state index in [1.807, 2.05) is 26.8 Å². The molecule has 118 valence electrons. The van der Waals surface area contributed by atoms with Crippen LogP contribution in [0, 0.1) is 0 Å². The van der Waals surface area contributed by atoms with Gasteiger partial charge in [0.1, 0.15) is 5.60 Å². The topological polar surface area (TPSA) is 71.5 Å². The summed E-state index contributed by atoms with van der Waals surface area (Å²) in [4.78, 5) is 16.1. The molecule has 21 heavy (non-hydrogen) atoms. The maximum Gasteiger partial charge on any atom is 0.251 e. The molecule has 5 heteroatoms. The van der Waals surface area contributed by atoms with Crippen LogP contribution in [0.25, 0.3) is 0 Å². The number of hydrogen-bond acceptors (Lipinski definition) is 4. The fourth-order valence-corrected chi connectivity index (χ4v) is 1.89. The van der Waals surface area contributed by atoms with Gasteiger partial charge in [-0.25, -0.2) is 4.98 Å². The van der Waals surface area contributed by atoms with Gasteiger partial charge in [-0.1, -0.05) is 20.3 Å². The van der Waals surface area contributed by atoms with E-state index < -0.39 is 5.60 Å². The van der Waals surface area contributed by atoms with Crippen molar-refractivity contribution in [3.63, 3.8) is 0 Å². The Morgan fingerprint density at radius 3 is 2.86 bits per heavy atom. The number of nitrogens with one attached hydrogen (secondary N) is 1. The highest BCUT2D eigenvalue weighted by Gasteiger charge is 2.28. The second-order valence-electron chi connectivity index (χ2n) is 5.55. The number of nitrogens with zero attached hydrogens (tertiary/aromatic N) is 1. The van der Waals surface area contributed by atoms with Crippen LogP contribution in [0.1, 0.15) is 52.5 Å². The molecule has 2 N–H and O–H groups in total. The highest BCUT2D eigenvalue weighted by molar-refractivity contribution is 5.84. The Balaban J connectivity index is 2.59. The molecule has 0 aliphatic carbocycles. The normalized spacial score (nSPS) is 15.1. The van der Waals surface area contributed by atoms with Crippen molar-refractivity contribution < 1.29 is 14.6 Å². The Labute approximate surface area is 126 Å². The number of aromatic nitrogens is 1. The van der Waals surface area contributed by atoms with Crippen LogP contribution in [0.3, 0.4) is 0 Å². The summed E-state index contributed by atoms with van der Waals surface area (Å²) in [6, 6.07) is 3.62. The van der Waals surface area contributed by atoms with Crippen LogP contribution >= 0.6 is 0 Å². The molecule has 0 aliphatic rings. The van der Waals surface area contributed by atoms with Gasteiger partial charge in [0.05, 0.1) is 6.10 Å². The summed E-state index contributed by atoms with van der Waals surface area (Å²) in [7, 11) is 0. The van der Waals surface area contributed by atoms with Crippen molar-refractivity contribution in [2.75, 3.05) is 0 Å². The molecular weight excluding hydrogens is 268 g/mol. The number of carbonyl (C=O) groups is 1. The smallest absolute Gasteiger partial charge is 0.251 e. The second-order valence-corrected chi connectivity index (χ2v) is 5.55. The van der Waals surface area contributed by atoms with Gasteiger partial charge < -0.3 is 15.2 Å². The van der Waals surface area contributed by atoms with Crippen molar-refractivity contribution in [3.8, 4) is 5.88 Å². The predicted octanol–water partition coefficient (Wildman–Crippen LogP) is 2.43. The fraction of sp³-hybridized carbons (Fsp3) is 0.625. The zero-order valence-electron chi connectivity index (χ0n) is 13.3. The van der Waals surface area contributed by atoms with Crippen molar-refractivity contribution in [1.82, 2.24) is 10.3 Å². The number of pyridine rings is 1. The number of aliphatic hydroxyl groups is 1. The summed E-state index contributed by atoms with van der Waals surface area (Å²) in [5.41, 5.74) is -0.429. The minimum Gasteiger partial charge on any atom is -0.475 e. The molecule has 0 aliphatic heterocycles. The van der Waals surface area contributed by atoms with Crippen LogP contribution in [0.4, 0.5) is 0 Å². The Hall–Kier alpha value is -1.62. The van der Waals surface area contributed by atoms with Gasteiger partial charge in [0.2, 0.25) is 5.88 Å². The molecule has 0 saturated carbocycles. The van der Waals surface area contributed by atoms with Gasteiger partial charge in [-0.3, -0.25) is 4.79 Å². The van der Waals surface area contributed by atoms with Crippen LogP contribution < -0.4 is 10.1 Å². The van der Waals surface area contributed by atoms with Gasteiger partial charge >= 0.3 is 0 Å². The number of amides is 1. The maximum atomic E-state index is 11.9. The van der Waals surface area contributed by atoms with E-state index in [1.165, 1.54) is 6.92 Å². The van der Waals surface area contributed by atoms with E-state index in [1.54, 1.807) is 12.3 Å². The first kappa shape index (κ1) is 17.4. The van der Waals surface area contributed by atoms with E-state index in [0.29, 0.717) is 18.8 Å². The molecule has 0 radical (unpaired) electrons. The summed E-state index contributed by atoms with van der Waals surface area (Å²) in [6.07, 6.45) is 3.86. The lowest BCUT2D eigenvalue weighted by atomic mass is 10.00. The summed E-state index contributed by atoms with van der Waals surface area (Å²) in [5.74, 6) is 0.196. The number of carbonyl (C=O) groups excluding carboxylic acids is 1. The molecule has 0 fully saturated rings. The third-order valence-corrected chi connectivity index (χ3v) is 3.38. The van der Waals surface area contributed by atoms with E-state index in [9.17, 15) is 9.90 Å². The van der Waals surface area contributed by atoms with Crippen LogP contribution in [-0.2, 0) is 11.3 Å². The zero-order valence-corrected chi connectivity index (χ0v) is 13.3. The monoisotopic (exact) mass is 294 g/mol. The van der Waals surface area contributed by atoms with Gasteiger partial charge in [0, 0.05) is 18.8 Å². The van der Waals surface area contributed by atoms with Crippen molar-refractivity contribution in [3.05, 3.63) is 23.9 Å². The molecule has 1 heterocycles. The third kappa shape index (κ3) is 5.71. The Morgan fingerprint density at radius 1 is 1.52 bits per heavy atom. The zero-order chi connectivity index (χ0) is 15.9. The molecule has 0 bridgehead atoms. The molecule has 0 spiro atoms. The van der Waals surface area contributed by atoms with Crippen molar-refractivity contribution >= 4 is 5.91 Å². The Morgan fingerprint density at radius 2 is 2.24 bits per heavy atom. The summed E-state index contributed by atoms with van der Waals surface area (Å²) < 4.78 is 5.64.